The molecule has 0 spiro atoms. The van der Waals surface area contributed by atoms with Crippen molar-refractivity contribution in [3.05, 3.63) is 89.5 Å². The van der Waals surface area contributed by atoms with E-state index in [0.29, 0.717) is 11.5 Å². The molecule has 0 aliphatic heterocycles. The Labute approximate surface area is 196 Å². The van der Waals surface area contributed by atoms with Crippen LogP contribution in [0.1, 0.15) is 76.0 Å². The van der Waals surface area contributed by atoms with E-state index in [1.54, 1.807) is 0 Å². The van der Waals surface area contributed by atoms with Crippen molar-refractivity contribution >= 4 is 18.2 Å². The molecule has 32 heavy (non-hydrogen) atoms. The van der Waals surface area contributed by atoms with Crippen molar-refractivity contribution in [2.45, 2.75) is 64.2 Å². The highest BCUT2D eigenvalue weighted by Gasteiger charge is 2.34. The average molecular weight is 469 g/mol. The molecule has 0 saturated carbocycles. The quantitative estimate of drug-likeness (QED) is 0.293. The Hall–Kier alpha value is -2.16. The van der Waals surface area contributed by atoms with Gasteiger partial charge < -0.3 is 9.05 Å². The third-order valence-electron chi connectivity index (χ3n) is 5.25. The maximum Gasteiger partial charge on any atom is 0.497 e. The Kier molecular flexibility index (Phi) is 8.14. The molecule has 0 unspecified atom stereocenters. The lowest BCUT2D eigenvalue weighted by Crippen LogP contribution is -2.04. The van der Waals surface area contributed by atoms with Crippen LogP contribution in [0, 0.1) is 0 Å². The largest absolute Gasteiger partial charge is 0.497 e. The first kappa shape index (κ1) is 24.5. The van der Waals surface area contributed by atoms with E-state index in [0.717, 1.165) is 21.6 Å². The maximum absolute atomic E-state index is 14.4. The molecule has 3 aromatic rings. The zero-order valence-corrected chi connectivity index (χ0v) is 21.5. The van der Waals surface area contributed by atoms with E-state index >= 15 is 0 Å². The molecule has 0 N–H and O–H groups in total. The van der Waals surface area contributed by atoms with Crippen LogP contribution in [0.5, 0.6) is 11.5 Å². The number of hydrogen-bond acceptors (Lipinski definition) is 4. The predicted octanol–water partition coefficient (Wildman–Crippen LogP) is 9.41. The Bertz CT molecular complexity index is 955. The number of benzene rings is 3. The topological polar surface area (TPSA) is 35.5 Å². The fraction of sp³-hybridized carbons (Fsp3) is 0.333. The van der Waals surface area contributed by atoms with Crippen LogP contribution in [0.4, 0.5) is 0 Å². The standard InChI is InChI=1S/C27H33O3PS/c1-19(2)22-13-7-10-16-25(22)29-31(28,30-26-17-11-8-14-23(26)20(3)4)32-27-18-12-9-15-24(27)21(5)6/h7-21H,1-6H3. The summed E-state index contributed by atoms with van der Waals surface area (Å²) in [7, 11) is 0. The first-order valence-corrected chi connectivity index (χ1v) is 14.1. The lowest BCUT2D eigenvalue weighted by atomic mass is 10.0. The predicted molar refractivity (Wildman–Crippen MR) is 136 cm³/mol. The summed E-state index contributed by atoms with van der Waals surface area (Å²) in [5.74, 6) is 1.95. The Morgan fingerprint density at radius 1 is 0.594 bits per heavy atom. The van der Waals surface area contributed by atoms with Crippen molar-refractivity contribution in [3.8, 4) is 11.5 Å². The molecule has 5 heteroatoms. The first-order valence-electron chi connectivity index (χ1n) is 11.2. The number of para-hydroxylation sites is 2. The minimum Gasteiger partial charge on any atom is -0.408 e. The minimum atomic E-state index is -3.67. The van der Waals surface area contributed by atoms with Gasteiger partial charge in [-0.1, -0.05) is 96.1 Å². The van der Waals surface area contributed by atoms with Crippen LogP contribution in [-0.4, -0.2) is 0 Å². The molecule has 0 aliphatic carbocycles. The van der Waals surface area contributed by atoms with E-state index in [9.17, 15) is 4.57 Å². The van der Waals surface area contributed by atoms with Gasteiger partial charge in [0.1, 0.15) is 11.5 Å². The van der Waals surface area contributed by atoms with Crippen molar-refractivity contribution in [2.75, 3.05) is 0 Å². The molecule has 3 rings (SSSR count). The van der Waals surface area contributed by atoms with Crippen molar-refractivity contribution in [1.82, 2.24) is 0 Å². The maximum atomic E-state index is 14.4. The lowest BCUT2D eigenvalue weighted by molar-refractivity contribution is 0.403. The highest BCUT2D eigenvalue weighted by Crippen LogP contribution is 2.64. The molecule has 0 saturated heterocycles. The van der Waals surface area contributed by atoms with E-state index in [4.69, 9.17) is 9.05 Å². The van der Waals surface area contributed by atoms with Gasteiger partial charge in [0.05, 0.1) is 0 Å². The van der Waals surface area contributed by atoms with Gasteiger partial charge in [-0.15, -0.1) is 0 Å². The molecule has 0 bridgehead atoms. The van der Waals surface area contributed by atoms with Gasteiger partial charge in [-0.3, -0.25) is 0 Å². The minimum absolute atomic E-state index is 0.232. The fourth-order valence-electron chi connectivity index (χ4n) is 3.54. The summed E-state index contributed by atoms with van der Waals surface area (Å²) >= 11 is 1.19. The van der Waals surface area contributed by atoms with Crippen LogP contribution in [-0.2, 0) is 4.57 Å². The smallest absolute Gasteiger partial charge is 0.408 e. The molecule has 0 fully saturated rings. The van der Waals surface area contributed by atoms with Gasteiger partial charge in [-0.05, 0) is 52.6 Å². The highest BCUT2D eigenvalue weighted by molar-refractivity contribution is 8.55. The molecule has 0 amide bonds. The van der Waals surface area contributed by atoms with Crippen LogP contribution in [0.3, 0.4) is 0 Å². The summed E-state index contributed by atoms with van der Waals surface area (Å²) < 4.78 is 26.9. The molecule has 0 aliphatic rings. The average Bonchev–Trinajstić information content (AvgIpc) is 2.74. The van der Waals surface area contributed by atoms with Crippen molar-refractivity contribution in [3.63, 3.8) is 0 Å². The molecular weight excluding hydrogens is 435 g/mol. The Balaban J connectivity index is 2.07. The summed E-state index contributed by atoms with van der Waals surface area (Å²) in [4.78, 5) is 0.912. The molecule has 0 aromatic heterocycles. The highest BCUT2D eigenvalue weighted by atomic mass is 32.7. The SMILES string of the molecule is CC(C)c1ccccc1OP(=O)(Oc1ccccc1C(C)C)Sc1ccccc1C(C)C. The van der Waals surface area contributed by atoms with Gasteiger partial charge in [-0.25, -0.2) is 4.57 Å². The molecule has 0 heterocycles. The Morgan fingerprint density at radius 3 is 1.41 bits per heavy atom. The van der Waals surface area contributed by atoms with E-state index < -0.39 is 6.80 Å². The second-order valence-electron chi connectivity index (χ2n) is 8.80. The monoisotopic (exact) mass is 468 g/mol. The van der Waals surface area contributed by atoms with Crippen LogP contribution in [0.2, 0.25) is 0 Å². The molecule has 3 aromatic carbocycles. The third kappa shape index (κ3) is 5.99. The van der Waals surface area contributed by atoms with Crippen LogP contribution in [0.15, 0.2) is 77.7 Å². The summed E-state index contributed by atoms with van der Waals surface area (Å²) in [6.07, 6.45) is 0. The van der Waals surface area contributed by atoms with E-state index in [1.165, 1.54) is 11.4 Å². The van der Waals surface area contributed by atoms with Gasteiger partial charge >= 0.3 is 6.80 Å². The Morgan fingerprint density at radius 2 is 0.969 bits per heavy atom. The molecule has 170 valence electrons. The van der Waals surface area contributed by atoms with E-state index in [1.807, 2.05) is 66.7 Å². The second kappa shape index (κ2) is 10.6. The molecule has 3 nitrogen and oxygen atoms in total. The van der Waals surface area contributed by atoms with Crippen molar-refractivity contribution < 1.29 is 13.6 Å². The third-order valence-corrected chi connectivity index (χ3v) is 8.59. The number of hydrogen-bond donors (Lipinski definition) is 0. The fourth-order valence-corrected chi connectivity index (χ4v) is 7.18. The zero-order valence-electron chi connectivity index (χ0n) is 19.7. The summed E-state index contributed by atoms with van der Waals surface area (Å²) in [6, 6.07) is 23.6. The van der Waals surface area contributed by atoms with Crippen LogP contribution in [0.25, 0.3) is 0 Å². The molecule has 0 atom stereocenters. The van der Waals surface area contributed by atoms with Gasteiger partial charge in [0.2, 0.25) is 0 Å². The second-order valence-corrected chi connectivity index (χ2v) is 12.6. The van der Waals surface area contributed by atoms with Crippen LogP contribution < -0.4 is 9.05 Å². The molecule has 0 radical (unpaired) electrons. The van der Waals surface area contributed by atoms with Gasteiger partial charge in [0, 0.05) is 16.3 Å². The first-order chi connectivity index (χ1) is 15.2. The molecular formula is C27H33O3PS. The zero-order chi connectivity index (χ0) is 23.3. The summed E-state index contributed by atoms with van der Waals surface area (Å²) in [6.45, 7) is 9.00. The van der Waals surface area contributed by atoms with Crippen molar-refractivity contribution in [1.29, 1.82) is 0 Å². The summed E-state index contributed by atoms with van der Waals surface area (Å²) in [5, 5.41) is 0. The van der Waals surface area contributed by atoms with E-state index in [2.05, 4.69) is 47.6 Å². The number of rotatable bonds is 9. The normalized spacial score (nSPS) is 11.9. The lowest BCUT2D eigenvalue weighted by Gasteiger charge is -2.24. The van der Waals surface area contributed by atoms with Gasteiger partial charge in [-0.2, -0.15) is 0 Å². The van der Waals surface area contributed by atoms with Crippen LogP contribution >= 0.6 is 18.2 Å². The van der Waals surface area contributed by atoms with Gasteiger partial charge in [0.25, 0.3) is 0 Å². The van der Waals surface area contributed by atoms with E-state index in [-0.39, 0.29) is 17.8 Å². The van der Waals surface area contributed by atoms with Gasteiger partial charge in [0.15, 0.2) is 0 Å². The van der Waals surface area contributed by atoms with Crippen molar-refractivity contribution in [2.24, 2.45) is 0 Å². The summed E-state index contributed by atoms with van der Waals surface area (Å²) in [5.41, 5.74) is 3.14.